The molecule has 1 rings (SSSR count). The van der Waals surface area contributed by atoms with Crippen LogP contribution in [0, 0.1) is 0 Å². The molecule has 0 saturated carbocycles. The maximum absolute atomic E-state index is 13.4. The summed E-state index contributed by atoms with van der Waals surface area (Å²) in [4.78, 5) is 76.3. The van der Waals surface area contributed by atoms with Crippen LogP contribution in [0.1, 0.15) is 66.4 Å². The van der Waals surface area contributed by atoms with E-state index in [1.165, 1.54) is 20.8 Å². The summed E-state index contributed by atoms with van der Waals surface area (Å²) >= 11 is 0. The van der Waals surface area contributed by atoms with E-state index in [9.17, 15) is 28.8 Å². The van der Waals surface area contributed by atoms with Crippen molar-refractivity contribution in [1.29, 1.82) is 0 Å². The van der Waals surface area contributed by atoms with Crippen molar-refractivity contribution in [3.8, 4) is 0 Å². The number of esters is 1. The molecule has 0 heterocycles. The van der Waals surface area contributed by atoms with Crippen molar-refractivity contribution in [1.82, 2.24) is 26.6 Å². The van der Waals surface area contributed by atoms with Gasteiger partial charge in [0.2, 0.25) is 23.6 Å². The van der Waals surface area contributed by atoms with Crippen molar-refractivity contribution in [2.75, 3.05) is 139 Å². The number of hydrogen-bond donors (Lipinski definition) is 5. The number of alkyl carbamates (subject to hydrolysis) is 1. The minimum absolute atomic E-state index is 0.0296. The zero-order chi connectivity index (χ0) is 52.4. The lowest BCUT2D eigenvalue weighted by Gasteiger charge is -2.24. The predicted molar refractivity (Wildman–Crippen MR) is 258 cm³/mol. The van der Waals surface area contributed by atoms with Gasteiger partial charge in [0, 0.05) is 13.7 Å². The lowest BCUT2D eigenvalue weighted by molar-refractivity contribution is -0.158. The Balaban J connectivity index is 2.20. The van der Waals surface area contributed by atoms with E-state index < -0.39 is 59.6 Å². The second-order valence-electron chi connectivity index (χ2n) is 16.8. The van der Waals surface area contributed by atoms with Crippen LogP contribution in [0.25, 0.3) is 0 Å². The lowest BCUT2D eigenvalue weighted by Crippen LogP contribution is -2.56. The molecule has 0 aliphatic rings. The van der Waals surface area contributed by atoms with Crippen molar-refractivity contribution < 1.29 is 85.6 Å². The van der Waals surface area contributed by atoms with Gasteiger partial charge in [-0.05, 0) is 66.4 Å². The summed E-state index contributed by atoms with van der Waals surface area (Å²) < 4.78 is 64.4. The summed E-state index contributed by atoms with van der Waals surface area (Å²) in [6.07, 6.45) is 0.176. The van der Waals surface area contributed by atoms with Crippen LogP contribution in [-0.4, -0.2) is 205 Å². The lowest BCUT2D eigenvalue weighted by atomic mass is 10.1. The fraction of sp³-hybridized carbons (Fsp3) is 0.750. The number of hydrogen-bond acceptors (Lipinski definition) is 18. The van der Waals surface area contributed by atoms with Crippen LogP contribution in [-0.2, 0) is 87.4 Å². The molecule has 4 atom stereocenters. The Bertz CT molecular complexity index is 1570. The van der Waals surface area contributed by atoms with Crippen LogP contribution in [0.3, 0.4) is 0 Å². The summed E-state index contributed by atoms with van der Waals surface area (Å²) in [5, 5.41) is 12.9. The third-order valence-corrected chi connectivity index (χ3v) is 9.33. The quantitative estimate of drug-likeness (QED) is 0.0454. The number of amides is 5. The van der Waals surface area contributed by atoms with Crippen molar-refractivity contribution in [3.05, 3.63) is 35.9 Å². The molecule has 0 spiro atoms. The van der Waals surface area contributed by atoms with Crippen molar-refractivity contribution >= 4 is 35.7 Å². The highest BCUT2D eigenvalue weighted by atomic mass is 16.6. The van der Waals surface area contributed by atoms with E-state index in [0.717, 1.165) is 5.56 Å². The van der Waals surface area contributed by atoms with Gasteiger partial charge in [0.1, 0.15) is 43.0 Å². The zero-order valence-corrected chi connectivity index (χ0v) is 43.0. The smallest absolute Gasteiger partial charge is 0.408 e. The molecule has 0 radical (unpaired) electrons. The molecule has 5 N–H and O–H groups in total. The Labute approximate surface area is 419 Å². The molecule has 0 aliphatic heterocycles. The Morgan fingerprint density at radius 3 is 1.35 bits per heavy atom. The fourth-order valence-electron chi connectivity index (χ4n) is 5.57. The molecule has 0 saturated heterocycles. The molecule has 1 aromatic carbocycles. The highest BCUT2D eigenvalue weighted by Crippen LogP contribution is 2.09. The molecule has 0 bridgehead atoms. The van der Waals surface area contributed by atoms with Crippen molar-refractivity contribution in [2.24, 2.45) is 0 Å². The van der Waals surface area contributed by atoms with Crippen molar-refractivity contribution in [3.63, 3.8) is 0 Å². The van der Waals surface area contributed by atoms with E-state index in [2.05, 4.69) is 26.6 Å². The highest BCUT2D eigenvalue weighted by Gasteiger charge is 2.28. The Kier molecular flexibility index (Phi) is 38.1. The predicted octanol–water partition coefficient (Wildman–Crippen LogP) is 1.22. The summed E-state index contributed by atoms with van der Waals surface area (Å²) in [6, 6.07) is 4.76. The second kappa shape index (κ2) is 42.0. The number of unbranched alkanes of at least 4 members (excludes halogenated alkanes) is 1. The molecule has 0 unspecified atom stereocenters. The zero-order valence-electron chi connectivity index (χ0n) is 43.0. The molecule has 5 amide bonds. The van der Waals surface area contributed by atoms with Gasteiger partial charge >= 0.3 is 12.1 Å². The van der Waals surface area contributed by atoms with Crippen LogP contribution in [0.2, 0.25) is 0 Å². The van der Waals surface area contributed by atoms with Gasteiger partial charge in [-0.1, -0.05) is 30.3 Å². The van der Waals surface area contributed by atoms with Gasteiger partial charge in [-0.25, -0.2) is 9.59 Å². The number of methoxy groups -OCH3 is 1. The van der Waals surface area contributed by atoms with E-state index in [4.69, 9.17) is 56.8 Å². The molecule has 1 aromatic rings. The molecule has 0 aliphatic carbocycles. The van der Waals surface area contributed by atoms with Crippen LogP contribution in [0.15, 0.2) is 30.3 Å². The van der Waals surface area contributed by atoms with Gasteiger partial charge in [-0.2, -0.15) is 0 Å². The number of nitrogens with one attached hydrogen (secondary N) is 5. The fourth-order valence-corrected chi connectivity index (χ4v) is 5.57. The summed E-state index contributed by atoms with van der Waals surface area (Å²) in [7, 11) is 1.63. The van der Waals surface area contributed by atoms with Crippen LogP contribution < -0.4 is 26.6 Å². The first-order valence-corrected chi connectivity index (χ1v) is 24.2. The average Bonchev–Trinajstić information content (AvgIpc) is 3.33. The largest absolute Gasteiger partial charge is 0.458 e. The minimum Gasteiger partial charge on any atom is -0.458 e. The Morgan fingerprint density at radius 2 is 0.915 bits per heavy atom. The molecule has 408 valence electrons. The highest BCUT2D eigenvalue weighted by molar-refractivity contribution is 5.94. The van der Waals surface area contributed by atoms with Gasteiger partial charge in [0.05, 0.1) is 119 Å². The normalized spacial score (nSPS) is 13.1. The first-order chi connectivity index (χ1) is 34.1. The van der Waals surface area contributed by atoms with E-state index in [1.807, 2.05) is 6.07 Å². The van der Waals surface area contributed by atoms with E-state index in [-0.39, 0.29) is 45.3 Å². The Hall–Kier alpha value is -4.56. The van der Waals surface area contributed by atoms with Crippen LogP contribution >= 0.6 is 0 Å². The summed E-state index contributed by atoms with van der Waals surface area (Å²) in [5.74, 6) is -2.94. The standard InChI is InChI=1S/C48H83N5O18/c1-37(44(56)52-39(3)46(58)71-48(4,5)6)50-43(55)38(2)51-45(57)41(53-47(59)70-35-40-13-9-8-10-14-40)15-11-12-16-49-42(54)36-69-34-33-68-32-31-67-30-29-66-28-27-65-26-25-64-24-23-63-22-21-62-20-19-61-18-17-60-7/h8-10,13-14,37-39,41H,11-12,15-36H2,1-7H3,(H,49,54)(H,50,55)(H,51,57)(H,52,56)(H,53,59)/t37-,38-,39-,41-/m0/s1. The van der Waals surface area contributed by atoms with Crippen molar-refractivity contribution in [2.45, 2.75) is 97.2 Å². The molecular weight excluding hydrogens is 935 g/mol. The minimum atomic E-state index is -1.11. The average molecular weight is 1020 g/mol. The molecule has 23 nitrogen and oxygen atoms in total. The number of rotatable bonds is 44. The summed E-state index contributed by atoms with van der Waals surface area (Å²) in [6.45, 7) is 17.4. The molecular formula is C48H83N5O18. The van der Waals surface area contributed by atoms with Gasteiger partial charge in [0.15, 0.2) is 0 Å². The maximum Gasteiger partial charge on any atom is 0.408 e. The first kappa shape index (κ1) is 64.5. The monoisotopic (exact) mass is 1020 g/mol. The van der Waals surface area contributed by atoms with E-state index in [1.54, 1.807) is 52.1 Å². The topological polar surface area (TPSA) is 273 Å². The second-order valence-corrected chi connectivity index (χ2v) is 16.8. The first-order valence-electron chi connectivity index (χ1n) is 24.2. The van der Waals surface area contributed by atoms with E-state index >= 15 is 0 Å². The summed E-state index contributed by atoms with van der Waals surface area (Å²) in [5.41, 5.74) is -0.00376. The Morgan fingerprint density at radius 1 is 0.507 bits per heavy atom. The maximum atomic E-state index is 13.4. The number of ether oxygens (including phenoxy) is 12. The van der Waals surface area contributed by atoms with Gasteiger partial charge in [0.25, 0.3) is 0 Å². The van der Waals surface area contributed by atoms with Gasteiger partial charge in [-0.3, -0.25) is 19.2 Å². The molecule has 71 heavy (non-hydrogen) atoms. The number of benzene rings is 1. The third kappa shape index (κ3) is 37.8. The SMILES string of the molecule is COCCOCCOCCOCCOCCOCCOCCOCCOCCOCC(=O)NCCCC[C@H](NC(=O)OCc1ccccc1)C(=O)N[C@@H](C)C(=O)N[C@@H](C)C(=O)N[C@@H](C)C(=O)OC(C)(C)C. The van der Waals surface area contributed by atoms with Gasteiger partial charge < -0.3 is 83.4 Å². The molecule has 0 aromatic heterocycles. The van der Waals surface area contributed by atoms with Crippen LogP contribution in [0.5, 0.6) is 0 Å². The van der Waals surface area contributed by atoms with Gasteiger partial charge in [-0.15, -0.1) is 0 Å². The number of carbonyl (C=O) groups is 6. The number of carbonyl (C=O) groups excluding carboxylic acids is 6. The third-order valence-electron chi connectivity index (χ3n) is 9.33. The van der Waals surface area contributed by atoms with Crippen LogP contribution in [0.4, 0.5) is 4.79 Å². The molecule has 23 heteroatoms. The molecule has 0 fully saturated rings. The van der Waals surface area contributed by atoms with E-state index in [0.29, 0.717) is 119 Å².